The monoisotopic (exact) mass is 954 g/mol. The number of aliphatic hydroxyl groups excluding tert-OH is 15. The number of nitrogens with one attached hydrogen (secondary N) is 2. The lowest BCUT2D eigenvalue weighted by molar-refractivity contribution is -0.389. The molecule has 65 heavy (non-hydrogen) atoms. The van der Waals surface area contributed by atoms with E-state index in [0.29, 0.717) is 0 Å². The van der Waals surface area contributed by atoms with Crippen LogP contribution in [0.3, 0.4) is 0 Å². The molecular formula is C36H62N2O27. The van der Waals surface area contributed by atoms with E-state index in [-0.39, 0.29) is 6.41 Å². The van der Waals surface area contributed by atoms with Gasteiger partial charge in [0.05, 0.1) is 51.8 Å². The zero-order valence-corrected chi connectivity index (χ0v) is 34.9. The number of hydrogen-bond acceptors (Lipinski definition) is 27. The first-order chi connectivity index (χ1) is 30.8. The number of hydrogen-bond donors (Lipinski definition) is 17. The van der Waals surface area contributed by atoms with Gasteiger partial charge in [0.25, 0.3) is 0 Å². The van der Waals surface area contributed by atoms with Gasteiger partial charge in [-0.1, -0.05) is 0 Å². The summed E-state index contributed by atoms with van der Waals surface area (Å²) in [4.78, 5) is 23.3. The summed E-state index contributed by atoms with van der Waals surface area (Å²) in [7, 11) is 0. The van der Waals surface area contributed by atoms with Crippen molar-refractivity contribution < 1.29 is 134 Å². The van der Waals surface area contributed by atoms with Gasteiger partial charge >= 0.3 is 0 Å². The van der Waals surface area contributed by atoms with Gasteiger partial charge in [-0.05, 0) is 6.92 Å². The largest absolute Gasteiger partial charge is 0.394 e. The molecule has 378 valence electrons. The summed E-state index contributed by atoms with van der Waals surface area (Å²) in [6.45, 7) is -2.38. The van der Waals surface area contributed by atoms with E-state index in [1.54, 1.807) is 0 Å². The first-order valence-electron chi connectivity index (χ1n) is 20.7. The maximum absolute atomic E-state index is 12.5. The predicted molar refractivity (Wildman–Crippen MR) is 201 cm³/mol. The van der Waals surface area contributed by atoms with E-state index in [4.69, 9.17) is 47.4 Å². The fraction of sp³-hybridized carbons (Fsp3) is 0.944. The highest BCUT2D eigenvalue weighted by Gasteiger charge is 2.57. The fourth-order valence-electron chi connectivity index (χ4n) is 7.95. The Labute approximate surface area is 369 Å². The Bertz CT molecular complexity index is 1480. The van der Waals surface area contributed by atoms with E-state index in [2.05, 4.69) is 10.6 Å². The predicted octanol–water partition coefficient (Wildman–Crippen LogP) is -11.6. The summed E-state index contributed by atoms with van der Waals surface area (Å²) in [5, 5.41) is 164. The third kappa shape index (κ3) is 12.0. The van der Waals surface area contributed by atoms with Crippen LogP contribution in [0.5, 0.6) is 0 Å². The van der Waals surface area contributed by atoms with E-state index in [1.165, 1.54) is 6.92 Å². The molecule has 0 aromatic heterocycles. The van der Waals surface area contributed by atoms with Gasteiger partial charge in [0.1, 0.15) is 116 Å². The minimum absolute atomic E-state index is 0.288. The van der Waals surface area contributed by atoms with Crippen LogP contribution in [0.25, 0.3) is 0 Å². The highest BCUT2D eigenvalue weighted by Crippen LogP contribution is 2.36. The Morgan fingerprint density at radius 2 is 0.954 bits per heavy atom. The highest BCUT2D eigenvalue weighted by atomic mass is 16.8. The van der Waals surface area contributed by atoms with Crippen LogP contribution in [0.1, 0.15) is 13.8 Å². The van der Waals surface area contributed by atoms with Gasteiger partial charge in [-0.2, -0.15) is 0 Å². The maximum atomic E-state index is 12.5. The average Bonchev–Trinajstić information content (AvgIpc) is 3.28. The summed E-state index contributed by atoms with van der Waals surface area (Å²) in [5.74, 6) is -0.787. The van der Waals surface area contributed by atoms with Crippen LogP contribution in [0.2, 0.25) is 0 Å². The molecule has 29 nitrogen and oxygen atoms in total. The summed E-state index contributed by atoms with van der Waals surface area (Å²) < 4.78 is 56.6. The van der Waals surface area contributed by atoms with Gasteiger partial charge in [0, 0.05) is 6.92 Å². The van der Waals surface area contributed by atoms with Crippen molar-refractivity contribution in [3.8, 4) is 0 Å². The van der Waals surface area contributed by atoms with Crippen LogP contribution in [0, 0.1) is 0 Å². The molecule has 5 rings (SSSR count). The van der Waals surface area contributed by atoms with Crippen molar-refractivity contribution in [2.24, 2.45) is 0 Å². The molecule has 5 fully saturated rings. The minimum atomic E-state index is -2.19. The van der Waals surface area contributed by atoms with Crippen LogP contribution in [0.15, 0.2) is 0 Å². The van der Waals surface area contributed by atoms with Crippen molar-refractivity contribution >= 4 is 12.3 Å². The summed E-state index contributed by atoms with van der Waals surface area (Å²) in [5.41, 5.74) is 0. The Kier molecular flexibility index (Phi) is 19.9. The van der Waals surface area contributed by atoms with Crippen LogP contribution < -0.4 is 10.6 Å². The van der Waals surface area contributed by atoms with Gasteiger partial charge in [-0.25, -0.2) is 0 Å². The molecule has 0 aromatic carbocycles. The second kappa shape index (κ2) is 24.0. The number of rotatable bonds is 19. The molecule has 0 unspecified atom stereocenters. The van der Waals surface area contributed by atoms with Crippen molar-refractivity contribution in [2.75, 3.05) is 39.6 Å². The second-order valence-corrected chi connectivity index (χ2v) is 16.1. The van der Waals surface area contributed by atoms with Gasteiger partial charge in [0.2, 0.25) is 12.3 Å². The third-order valence-electron chi connectivity index (χ3n) is 11.6. The topological polar surface area (TPSA) is 454 Å². The molecular weight excluding hydrogens is 892 g/mol. The van der Waals surface area contributed by atoms with Crippen LogP contribution in [-0.2, 0) is 57.0 Å². The third-order valence-corrected chi connectivity index (χ3v) is 11.6. The van der Waals surface area contributed by atoms with Crippen molar-refractivity contribution in [1.29, 1.82) is 0 Å². The fourth-order valence-corrected chi connectivity index (χ4v) is 7.95. The Hall–Kier alpha value is -2.06. The molecule has 5 aliphatic rings. The maximum Gasteiger partial charge on any atom is 0.217 e. The molecule has 26 atom stereocenters. The Balaban J connectivity index is 1.35. The zero-order chi connectivity index (χ0) is 48.0. The lowest BCUT2D eigenvalue weighted by atomic mass is 9.94. The van der Waals surface area contributed by atoms with Crippen LogP contribution in [0.4, 0.5) is 0 Å². The van der Waals surface area contributed by atoms with E-state index < -0.39 is 205 Å². The van der Waals surface area contributed by atoms with E-state index in [0.717, 1.165) is 6.92 Å². The molecule has 17 N–H and O–H groups in total. The van der Waals surface area contributed by atoms with Crippen molar-refractivity contribution in [3.05, 3.63) is 0 Å². The molecule has 0 spiro atoms. The number of ether oxygens (including phenoxy) is 10. The van der Waals surface area contributed by atoms with E-state index >= 15 is 0 Å². The van der Waals surface area contributed by atoms with Crippen molar-refractivity contribution in [2.45, 2.75) is 173 Å². The normalized spacial score (nSPS) is 47.7. The number of amides is 2. The number of carbonyl (C=O) groups excluding carboxylic acids is 2. The number of carbonyl (C=O) groups is 2. The van der Waals surface area contributed by atoms with E-state index in [9.17, 15) is 86.2 Å². The van der Waals surface area contributed by atoms with Gasteiger partial charge in [-0.15, -0.1) is 0 Å². The van der Waals surface area contributed by atoms with Gasteiger partial charge in [-0.3, -0.25) is 9.59 Å². The number of aliphatic hydroxyl groups is 15. The highest BCUT2D eigenvalue weighted by molar-refractivity contribution is 5.73. The molecule has 2 amide bonds. The zero-order valence-electron chi connectivity index (χ0n) is 34.9. The molecule has 0 bridgehead atoms. The van der Waals surface area contributed by atoms with Crippen LogP contribution >= 0.6 is 0 Å². The molecule has 0 radical (unpaired) electrons. The Morgan fingerprint density at radius 3 is 1.45 bits per heavy atom. The van der Waals surface area contributed by atoms with Crippen molar-refractivity contribution in [1.82, 2.24) is 10.6 Å². The van der Waals surface area contributed by atoms with Crippen LogP contribution in [-0.4, -0.2) is 288 Å². The SMILES string of the molecule is CC(=O)N[C@H]1[C@H](O[C@H]2[C@@H](O)[C@@H](CO)O[C@H](O[C@H]3[C@@H](O)[C@@H](CO)O[C@@H](O[C@H]4[C@H](O)[C@@H](O)[C@H](OC[C@@H](CO)NC=O)O[C@@H]4CO)[C@@H]3O)[C@@H]2O)O[C@H](CO)[C@@H](O)[C@@H]1O[C@@H]1O[C@@H](C)[C@@H](O)[C@@H](O)[C@@H]1O. The smallest absolute Gasteiger partial charge is 0.217 e. The average molecular weight is 955 g/mol. The first-order valence-corrected chi connectivity index (χ1v) is 20.7. The van der Waals surface area contributed by atoms with Crippen molar-refractivity contribution in [3.63, 3.8) is 0 Å². The summed E-state index contributed by atoms with van der Waals surface area (Å²) in [6.07, 6.45) is -43.2. The Morgan fingerprint density at radius 1 is 0.523 bits per heavy atom. The van der Waals surface area contributed by atoms with Gasteiger partial charge in [0.15, 0.2) is 31.5 Å². The first kappa shape index (κ1) is 53.9. The minimum Gasteiger partial charge on any atom is -0.394 e. The quantitative estimate of drug-likeness (QED) is 0.0535. The summed E-state index contributed by atoms with van der Waals surface area (Å²) >= 11 is 0. The summed E-state index contributed by atoms with van der Waals surface area (Å²) in [6, 6.07) is -2.58. The lowest BCUT2D eigenvalue weighted by Crippen LogP contribution is -2.70. The molecule has 5 heterocycles. The molecule has 29 heteroatoms. The standard InChI is InChI=1S/C36H62N2O27/c1-10-18(46)22(50)24(52)34(57-10)63-29-17(38-11(2)45)32(58-13(4-40)19(29)47)64-30-20(48)14(5-41)60-36(26(30)54)65-31-21(49)15(6-42)59-35(27(31)55)62-28-16(7-43)61-33(25(53)23(28)51)56-8-12(3-39)37-9-44/h9-10,12-36,39-43,46-55H,3-8H2,1-2H3,(H,37,44)(H,38,45)/t10-,12+,13+,14+,15+,16+,17+,18+,19+,20-,21-,22+,23+,24-,25+,26+,27+,28+,29+,30-,31-,32-,33+,34-,35-,36+/m0/s1. The second-order valence-electron chi connectivity index (χ2n) is 16.1. The molecule has 0 aliphatic carbocycles. The molecule has 0 aromatic rings. The lowest BCUT2D eigenvalue weighted by Gasteiger charge is -2.50. The van der Waals surface area contributed by atoms with Gasteiger partial charge < -0.3 is 135 Å². The molecule has 5 saturated heterocycles. The van der Waals surface area contributed by atoms with E-state index in [1.807, 2.05) is 0 Å². The molecule has 5 aliphatic heterocycles. The molecule has 0 saturated carbocycles.